The van der Waals surface area contributed by atoms with Crippen molar-refractivity contribution in [2.45, 2.75) is 44.3 Å². The van der Waals surface area contributed by atoms with Crippen molar-refractivity contribution in [1.82, 2.24) is 0 Å². The molecule has 1 atom stereocenters. The van der Waals surface area contributed by atoms with Crippen molar-refractivity contribution < 1.29 is 19.8 Å². The van der Waals surface area contributed by atoms with E-state index in [-0.39, 0.29) is 0 Å². The van der Waals surface area contributed by atoms with Crippen LogP contribution in [0.2, 0.25) is 4.81 Å². The van der Waals surface area contributed by atoms with Gasteiger partial charge in [-0.1, -0.05) is 0 Å². The van der Waals surface area contributed by atoms with E-state index in [0.717, 1.165) is 5.92 Å². The molecular weight excluding hydrogens is 192 g/mol. The first-order chi connectivity index (χ1) is 4.35. The summed E-state index contributed by atoms with van der Waals surface area (Å²) in [6, 6.07) is 0. The van der Waals surface area contributed by atoms with E-state index in [0.29, 0.717) is 0 Å². The van der Waals surface area contributed by atoms with Crippen LogP contribution < -0.4 is 0 Å². The Balaban J connectivity index is 3.09. The Hall–Kier alpha value is 0.688. The Bertz CT molecular complexity index is 48.5. The van der Waals surface area contributed by atoms with Crippen LogP contribution in [-0.2, 0) is 19.8 Å². The molecule has 0 aromatic rings. The second-order valence-electron chi connectivity index (χ2n) is 2.58. The van der Waals surface area contributed by atoms with Crippen LogP contribution in [0, 0.1) is 5.92 Å². The van der Waals surface area contributed by atoms with Gasteiger partial charge in [0.15, 0.2) is 0 Å². The summed E-state index contributed by atoms with van der Waals surface area (Å²) in [6.45, 7) is 4.56. The summed E-state index contributed by atoms with van der Waals surface area (Å²) in [5.41, 5.74) is 0. The third-order valence-corrected chi connectivity index (χ3v) is 2.94. The topological polar surface area (TPSA) is 0 Å². The SMILES string of the molecule is CCCCC(CC)[CH2][Mo]. The molecule has 0 heterocycles. The molecule has 0 spiro atoms. The second kappa shape index (κ2) is 6.80. The van der Waals surface area contributed by atoms with E-state index < -0.39 is 0 Å². The minimum atomic E-state index is 1.01. The normalized spacial score (nSPS) is 13.6. The molecule has 9 heavy (non-hydrogen) atoms. The van der Waals surface area contributed by atoms with Crippen molar-refractivity contribution in [3.8, 4) is 0 Å². The van der Waals surface area contributed by atoms with Crippen LogP contribution in [0.1, 0.15) is 39.5 Å². The molecule has 1 unspecified atom stereocenters. The van der Waals surface area contributed by atoms with Gasteiger partial charge in [-0.05, 0) is 0 Å². The van der Waals surface area contributed by atoms with Gasteiger partial charge < -0.3 is 0 Å². The summed E-state index contributed by atoms with van der Waals surface area (Å²) in [4.78, 5) is 1.38. The average molecular weight is 209 g/mol. The van der Waals surface area contributed by atoms with Crippen molar-refractivity contribution in [2.75, 3.05) is 0 Å². The first kappa shape index (κ1) is 9.69. The Labute approximate surface area is 70.3 Å². The fourth-order valence-electron chi connectivity index (χ4n) is 0.898. The Morgan fingerprint density at radius 2 is 2.00 bits per heavy atom. The van der Waals surface area contributed by atoms with Crippen LogP contribution in [0.15, 0.2) is 0 Å². The van der Waals surface area contributed by atoms with Gasteiger partial charge in [0.25, 0.3) is 0 Å². The molecule has 0 fully saturated rings. The van der Waals surface area contributed by atoms with E-state index in [9.17, 15) is 0 Å². The maximum absolute atomic E-state index is 2.30. The van der Waals surface area contributed by atoms with Crippen molar-refractivity contribution in [3.63, 3.8) is 0 Å². The zero-order chi connectivity index (χ0) is 7.11. The van der Waals surface area contributed by atoms with Gasteiger partial charge in [0.05, 0.1) is 0 Å². The van der Waals surface area contributed by atoms with E-state index in [1.807, 2.05) is 0 Å². The van der Waals surface area contributed by atoms with Crippen LogP contribution in [0.4, 0.5) is 0 Å². The molecule has 0 bridgehead atoms. The third kappa shape index (κ3) is 5.15. The summed E-state index contributed by atoms with van der Waals surface area (Å²) in [7, 11) is 0. The molecule has 0 aromatic carbocycles. The summed E-state index contributed by atoms with van der Waals surface area (Å²) in [6.07, 6.45) is 5.61. The van der Waals surface area contributed by atoms with Gasteiger partial charge in [-0.2, -0.15) is 0 Å². The Morgan fingerprint density at radius 3 is 2.33 bits per heavy atom. The fourth-order valence-corrected chi connectivity index (χ4v) is 1.89. The molecule has 0 rings (SSSR count). The van der Waals surface area contributed by atoms with Gasteiger partial charge in [-0.3, -0.25) is 0 Å². The zero-order valence-corrected chi connectivity index (χ0v) is 8.53. The van der Waals surface area contributed by atoms with Gasteiger partial charge >= 0.3 is 70.1 Å². The second-order valence-corrected chi connectivity index (χ2v) is 3.40. The van der Waals surface area contributed by atoms with Crippen molar-refractivity contribution in [2.24, 2.45) is 5.92 Å². The monoisotopic (exact) mass is 211 g/mol. The maximum atomic E-state index is 2.30. The van der Waals surface area contributed by atoms with Crippen molar-refractivity contribution >= 4 is 0 Å². The molecule has 0 nitrogen and oxygen atoms in total. The molecule has 0 saturated carbocycles. The number of unbranched alkanes of at least 4 members (excludes halogenated alkanes) is 1. The van der Waals surface area contributed by atoms with Crippen molar-refractivity contribution in [1.29, 1.82) is 0 Å². The molecule has 0 aromatic heterocycles. The predicted octanol–water partition coefficient (Wildman–Crippen LogP) is 3.17. The zero-order valence-electron chi connectivity index (χ0n) is 6.52. The molecule has 55 valence electrons. The van der Waals surface area contributed by atoms with Gasteiger partial charge in [0.1, 0.15) is 0 Å². The quantitative estimate of drug-likeness (QED) is 0.610. The van der Waals surface area contributed by atoms with E-state index >= 15 is 0 Å². The predicted molar refractivity (Wildman–Crippen MR) is 38.1 cm³/mol. The molecule has 1 heteroatoms. The van der Waals surface area contributed by atoms with E-state index in [1.54, 1.807) is 0 Å². The van der Waals surface area contributed by atoms with Gasteiger partial charge in [-0.15, -0.1) is 0 Å². The van der Waals surface area contributed by atoms with Crippen LogP contribution in [0.3, 0.4) is 0 Å². The fraction of sp³-hybridized carbons (Fsp3) is 1.00. The summed E-state index contributed by atoms with van der Waals surface area (Å²) >= 11 is 2.23. The summed E-state index contributed by atoms with van der Waals surface area (Å²) in [5.74, 6) is 1.01. The number of hydrogen-bond donors (Lipinski definition) is 0. The molecule has 0 aliphatic rings. The van der Waals surface area contributed by atoms with Gasteiger partial charge in [-0.25, -0.2) is 0 Å². The van der Waals surface area contributed by atoms with E-state index in [2.05, 4.69) is 33.7 Å². The van der Waals surface area contributed by atoms with Crippen LogP contribution in [-0.4, -0.2) is 0 Å². The van der Waals surface area contributed by atoms with Crippen molar-refractivity contribution in [3.05, 3.63) is 0 Å². The van der Waals surface area contributed by atoms with Crippen LogP contribution in [0.5, 0.6) is 0 Å². The summed E-state index contributed by atoms with van der Waals surface area (Å²) in [5, 5.41) is 0. The Kier molecular flexibility index (Phi) is 7.32. The molecule has 0 aliphatic carbocycles. The third-order valence-electron chi connectivity index (χ3n) is 1.78. The number of hydrogen-bond acceptors (Lipinski definition) is 0. The van der Waals surface area contributed by atoms with Crippen LogP contribution >= 0.6 is 0 Å². The molecule has 0 radical (unpaired) electrons. The molecule has 0 amide bonds. The number of rotatable bonds is 5. The van der Waals surface area contributed by atoms with Gasteiger partial charge in [0.2, 0.25) is 0 Å². The van der Waals surface area contributed by atoms with Gasteiger partial charge in [0, 0.05) is 0 Å². The Morgan fingerprint density at radius 1 is 1.33 bits per heavy atom. The summed E-state index contributed by atoms with van der Waals surface area (Å²) < 4.78 is 0. The van der Waals surface area contributed by atoms with E-state index in [4.69, 9.17) is 0 Å². The standard InChI is InChI=1S/C8H17.Mo/c1-4-6-7-8(3)5-2;/h8H,3-7H2,1-2H3;. The van der Waals surface area contributed by atoms with E-state index in [1.165, 1.54) is 30.5 Å². The minimum absolute atomic E-state index is 1.01. The first-order valence-corrected chi connectivity index (χ1v) is 5.35. The molecule has 0 N–H and O–H groups in total. The molecule has 0 saturated heterocycles. The average Bonchev–Trinajstić information content (AvgIpc) is 1.91. The molecular formula is C8H17Mo. The van der Waals surface area contributed by atoms with Crippen LogP contribution in [0.25, 0.3) is 0 Å². The first-order valence-electron chi connectivity index (χ1n) is 3.93. The molecule has 0 aliphatic heterocycles.